The molecule has 1 saturated carbocycles. The fourth-order valence-electron chi connectivity index (χ4n) is 2.03. The Kier molecular flexibility index (Phi) is 3.28. The summed E-state index contributed by atoms with van der Waals surface area (Å²) in [6.45, 7) is 2.42. The number of anilines is 1. The Bertz CT molecular complexity index is 430. The van der Waals surface area contributed by atoms with Gasteiger partial charge in [-0.1, -0.05) is 0 Å². The van der Waals surface area contributed by atoms with Crippen LogP contribution in [0.25, 0.3) is 0 Å². The number of aryl methyl sites for hydroxylation is 1. The van der Waals surface area contributed by atoms with Gasteiger partial charge in [0, 0.05) is 30.4 Å². The number of nitrogens with zero attached hydrogens (tertiary/aromatic N) is 1. The first kappa shape index (κ1) is 11.9. The topological polar surface area (TPSA) is 81.2 Å². The second kappa shape index (κ2) is 4.71. The number of non-ortho nitro benzene ring substituents is 1. The van der Waals surface area contributed by atoms with Crippen molar-refractivity contribution in [3.05, 3.63) is 33.9 Å². The lowest BCUT2D eigenvalue weighted by Crippen LogP contribution is -2.30. The minimum Gasteiger partial charge on any atom is -0.381 e. The number of hydrogen-bond donors (Lipinski definition) is 2. The summed E-state index contributed by atoms with van der Waals surface area (Å²) in [5, 5.41) is 14.1. The first-order chi connectivity index (χ1) is 8.10. The monoisotopic (exact) mass is 235 g/mol. The number of rotatable bonds is 5. The zero-order valence-electron chi connectivity index (χ0n) is 9.85. The number of hydrogen-bond acceptors (Lipinski definition) is 4. The van der Waals surface area contributed by atoms with Crippen molar-refractivity contribution in [1.29, 1.82) is 0 Å². The molecular weight excluding hydrogens is 218 g/mol. The molecule has 92 valence electrons. The Balaban J connectivity index is 2.16. The predicted molar refractivity (Wildman–Crippen MR) is 67.0 cm³/mol. The van der Waals surface area contributed by atoms with Crippen molar-refractivity contribution in [3.63, 3.8) is 0 Å². The van der Waals surface area contributed by atoms with Gasteiger partial charge < -0.3 is 11.1 Å². The van der Waals surface area contributed by atoms with Gasteiger partial charge >= 0.3 is 0 Å². The van der Waals surface area contributed by atoms with Crippen LogP contribution in [0, 0.1) is 23.0 Å². The SMILES string of the molecule is Cc1cc(NC(CN)C2CC2)cc([N+](=O)[O-])c1. The van der Waals surface area contributed by atoms with Crippen LogP contribution in [0.1, 0.15) is 18.4 Å². The summed E-state index contributed by atoms with van der Waals surface area (Å²) in [7, 11) is 0. The molecule has 1 fully saturated rings. The summed E-state index contributed by atoms with van der Waals surface area (Å²) >= 11 is 0. The van der Waals surface area contributed by atoms with Gasteiger partial charge in [0.05, 0.1) is 4.92 Å². The van der Waals surface area contributed by atoms with Crippen LogP contribution in [0.2, 0.25) is 0 Å². The van der Waals surface area contributed by atoms with E-state index in [4.69, 9.17) is 5.73 Å². The van der Waals surface area contributed by atoms with Crippen molar-refractivity contribution < 1.29 is 4.92 Å². The van der Waals surface area contributed by atoms with Crippen molar-refractivity contribution in [2.45, 2.75) is 25.8 Å². The molecule has 0 aliphatic heterocycles. The van der Waals surface area contributed by atoms with Gasteiger partial charge in [-0.15, -0.1) is 0 Å². The summed E-state index contributed by atoms with van der Waals surface area (Å²) in [4.78, 5) is 10.4. The summed E-state index contributed by atoms with van der Waals surface area (Å²) in [5.41, 5.74) is 7.50. The third-order valence-corrected chi connectivity index (χ3v) is 3.07. The second-order valence-electron chi connectivity index (χ2n) is 4.64. The van der Waals surface area contributed by atoms with E-state index in [1.54, 1.807) is 12.1 Å². The Morgan fingerprint density at radius 2 is 2.24 bits per heavy atom. The molecule has 0 bridgehead atoms. The number of nitro benzene ring substituents is 1. The molecule has 3 N–H and O–H groups in total. The van der Waals surface area contributed by atoms with Gasteiger partial charge in [-0.05, 0) is 37.3 Å². The molecule has 1 unspecified atom stereocenters. The first-order valence-electron chi connectivity index (χ1n) is 5.83. The van der Waals surface area contributed by atoms with Crippen LogP contribution in [0.15, 0.2) is 18.2 Å². The third kappa shape index (κ3) is 2.94. The number of benzene rings is 1. The smallest absolute Gasteiger partial charge is 0.271 e. The van der Waals surface area contributed by atoms with E-state index in [-0.39, 0.29) is 16.7 Å². The average molecular weight is 235 g/mol. The van der Waals surface area contributed by atoms with E-state index < -0.39 is 0 Å². The maximum Gasteiger partial charge on any atom is 0.271 e. The largest absolute Gasteiger partial charge is 0.381 e. The molecule has 17 heavy (non-hydrogen) atoms. The maximum atomic E-state index is 10.8. The molecule has 0 amide bonds. The molecule has 1 aliphatic rings. The van der Waals surface area contributed by atoms with E-state index in [0.29, 0.717) is 12.5 Å². The molecule has 1 aromatic rings. The molecule has 5 nitrogen and oxygen atoms in total. The number of nitro groups is 1. The van der Waals surface area contributed by atoms with Crippen LogP contribution in [0.4, 0.5) is 11.4 Å². The molecule has 0 radical (unpaired) electrons. The lowest BCUT2D eigenvalue weighted by atomic mass is 10.1. The Labute approximate surface area is 100 Å². The highest BCUT2D eigenvalue weighted by molar-refractivity contribution is 5.54. The van der Waals surface area contributed by atoms with Crippen LogP contribution in [-0.2, 0) is 0 Å². The van der Waals surface area contributed by atoms with Gasteiger partial charge in [0.1, 0.15) is 0 Å². The third-order valence-electron chi connectivity index (χ3n) is 3.07. The zero-order chi connectivity index (χ0) is 12.4. The highest BCUT2D eigenvalue weighted by Crippen LogP contribution is 2.34. The summed E-state index contributed by atoms with van der Waals surface area (Å²) in [6.07, 6.45) is 2.39. The quantitative estimate of drug-likeness (QED) is 0.604. The lowest BCUT2D eigenvalue weighted by Gasteiger charge is -2.17. The fourth-order valence-corrected chi connectivity index (χ4v) is 2.03. The van der Waals surface area contributed by atoms with Crippen molar-refractivity contribution in [2.75, 3.05) is 11.9 Å². The standard InChI is InChI=1S/C12H17N3O2/c1-8-4-10(6-11(5-8)15(16)17)14-12(7-13)9-2-3-9/h4-6,9,12,14H,2-3,7,13H2,1H3. The Morgan fingerprint density at radius 1 is 1.53 bits per heavy atom. The number of nitrogens with two attached hydrogens (primary N) is 1. The zero-order valence-corrected chi connectivity index (χ0v) is 9.85. The van der Waals surface area contributed by atoms with Gasteiger partial charge in [-0.25, -0.2) is 0 Å². The molecule has 0 saturated heterocycles. The van der Waals surface area contributed by atoms with Crippen LogP contribution in [-0.4, -0.2) is 17.5 Å². The molecule has 0 heterocycles. The molecule has 2 rings (SSSR count). The van der Waals surface area contributed by atoms with Crippen molar-refractivity contribution >= 4 is 11.4 Å². The normalized spacial score (nSPS) is 16.6. The molecule has 1 aromatic carbocycles. The minimum atomic E-state index is -0.368. The van der Waals surface area contributed by atoms with E-state index >= 15 is 0 Å². The van der Waals surface area contributed by atoms with Gasteiger partial charge in [-0.2, -0.15) is 0 Å². The highest BCUT2D eigenvalue weighted by atomic mass is 16.6. The minimum absolute atomic E-state index is 0.124. The van der Waals surface area contributed by atoms with Crippen molar-refractivity contribution in [3.8, 4) is 0 Å². The molecule has 1 atom stereocenters. The molecule has 5 heteroatoms. The van der Waals surface area contributed by atoms with E-state index in [0.717, 1.165) is 11.3 Å². The van der Waals surface area contributed by atoms with Crippen LogP contribution in [0.3, 0.4) is 0 Å². The van der Waals surface area contributed by atoms with Crippen LogP contribution >= 0.6 is 0 Å². The second-order valence-corrected chi connectivity index (χ2v) is 4.64. The van der Waals surface area contributed by atoms with Gasteiger partial charge in [0.2, 0.25) is 0 Å². The van der Waals surface area contributed by atoms with E-state index in [2.05, 4.69) is 5.32 Å². The van der Waals surface area contributed by atoms with E-state index in [1.165, 1.54) is 12.8 Å². The van der Waals surface area contributed by atoms with Crippen LogP contribution in [0.5, 0.6) is 0 Å². The predicted octanol–water partition coefficient (Wildman–Crippen LogP) is 2.05. The molecular formula is C12H17N3O2. The van der Waals surface area contributed by atoms with Gasteiger partial charge in [-0.3, -0.25) is 10.1 Å². The first-order valence-corrected chi connectivity index (χ1v) is 5.83. The van der Waals surface area contributed by atoms with Crippen molar-refractivity contribution in [2.24, 2.45) is 11.7 Å². The summed E-state index contributed by atoms with van der Waals surface area (Å²) in [5.74, 6) is 0.625. The Morgan fingerprint density at radius 3 is 2.76 bits per heavy atom. The number of nitrogens with one attached hydrogen (secondary N) is 1. The summed E-state index contributed by atoms with van der Waals surface area (Å²) in [6, 6.07) is 5.28. The van der Waals surface area contributed by atoms with Crippen LogP contribution < -0.4 is 11.1 Å². The van der Waals surface area contributed by atoms with E-state index in [1.807, 2.05) is 13.0 Å². The van der Waals surface area contributed by atoms with Gasteiger partial charge in [0.15, 0.2) is 0 Å². The summed E-state index contributed by atoms with van der Waals surface area (Å²) < 4.78 is 0. The lowest BCUT2D eigenvalue weighted by molar-refractivity contribution is -0.384. The molecule has 1 aliphatic carbocycles. The fraction of sp³-hybridized carbons (Fsp3) is 0.500. The maximum absolute atomic E-state index is 10.8. The average Bonchev–Trinajstić information content (AvgIpc) is 3.09. The van der Waals surface area contributed by atoms with E-state index in [9.17, 15) is 10.1 Å². The Hall–Kier alpha value is -1.62. The van der Waals surface area contributed by atoms with Gasteiger partial charge in [0.25, 0.3) is 5.69 Å². The highest BCUT2D eigenvalue weighted by Gasteiger charge is 2.30. The molecule has 0 aromatic heterocycles. The van der Waals surface area contributed by atoms with Crippen molar-refractivity contribution in [1.82, 2.24) is 0 Å². The molecule has 0 spiro atoms.